The third-order valence-electron chi connectivity index (χ3n) is 5.51. The van der Waals surface area contributed by atoms with Crippen molar-refractivity contribution in [1.82, 2.24) is 10.2 Å². The molecule has 0 bridgehead atoms. The average molecular weight is 418 g/mol. The number of rotatable bonds is 7. The fourth-order valence-corrected chi connectivity index (χ4v) is 3.73. The summed E-state index contributed by atoms with van der Waals surface area (Å²) < 4.78 is 5.83. The summed E-state index contributed by atoms with van der Waals surface area (Å²) in [6.07, 6.45) is 0.791. The van der Waals surface area contributed by atoms with Gasteiger partial charge in [-0.15, -0.1) is 0 Å². The molecule has 1 fully saturated rings. The van der Waals surface area contributed by atoms with Gasteiger partial charge in [-0.3, -0.25) is 9.59 Å². The fraction of sp³-hybridized carbons (Fsp3) is 0.280. The van der Waals surface area contributed by atoms with Gasteiger partial charge in [0.05, 0.1) is 6.54 Å². The molecule has 160 valence electrons. The molecular weight excluding hydrogens is 390 g/mol. The molecule has 1 aromatic heterocycles. The van der Waals surface area contributed by atoms with E-state index in [1.807, 2.05) is 65.6 Å². The average Bonchev–Trinajstić information content (AvgIpc) is 3.31. The normalized spacial score (nSPS) is 13.8. The molecule has 4 rings (SSSR count). The van der Waals surface area contributed by atoms with Crippen molar-refractivity contribution in [1.29, 1.82) is 0 Å². The summed E-state index contributed by atoms with van der Waals surface area (Å²) in [6, 6.07) is 23.9. The quantitative estimate of drug-likeness (QED) is 0.640. The third kappa shape index (κ3) is 5.54. The molecule has 1 aliphatic heterocycles. The van der Waals surface area contributed by atoms with E-state index in [-0.39, 0.29) is 24.8 Å². The van der Waals surface area contributed by atoms with Crippen LogP contribution in [0.2, 0.25) is 0 Å². The molecule has 6 heteroatoms. The Morgan fingerprint density at radius 1 is 0.839 bits per heavy atom. The van der Waals surface area contributed by atoms with Gasteiger partial charge in [-0.1, -0.05) is 48.5 Å². The number of nitrogens with one attached hydrogen (secondary N) is 1. The first kappa shape index (κ1) is 20.7. The minimum absolute atomic E-state index is 0.0366. The Morgan fingerprint density at radius 2 is 1.52 bits per heavy atom. The number of carbonyl (C=O) groups excluding carboxylic acids is 2. The van der Waals surface area contributed by atoms with Gasteiger partial charge in [0, 0.05) is 50.3 Å². The minimum atomic E-state index is -0.145. The first-order valence-corrected chi connectivity index (χ1v) is 10.7. The van der Waals surface area contributed by atoms with Crippen molar-refractivity contribution in [2.75, 3.05) is 37.6 Å². The molecule has 0 atom stereocenters. The van der Waals surface area contributed by atoms with Crippen molar-refractivity contribution in [3.05, 3.63) is 78.6 Å². The van der Waals surface area contributed by atoms with Crippen LogP contribution in [0.5, 0.6) is 0 Å². The summed E-state index contributed by atoms with van der Waals surface area (Å²) >= 11 is 0. The predicted molar refractivity (Wildman–Crippen MR) is 121 cm³/mol. The standard InChI is InChI=1S/C25H27N3O3/c29-24(14-12-22-11-13-23(31-22)20-7-3-1-4-8-20)26-19-25(30)28-17-15-27(16-18-28)21-9-5-2-6-10-21/h1-11,13H,12,14-19H2,(H,26,29). The molecule has 0 unspecified atom stereocenters. The van der Waals surface area contributed by atoms with Crippen LogP contribution in [-0.4, -0.2) is 49.4 Å². The zero-order chi connectivity index (χ0) is 21.5. The highest BCUT2D eigenvalue weighted by Gasteiger charge is 2.21. The number of anilines is 1. The van der Waals surface area contributed by atoms with Crippen LogP contribution >= 0.6 is 0 Å². The van der Waals surface area contributed by atoms with E-state index in [9.17, 15) is 9.59 Å². The van der Waals surface area contributed by atoms with Crippen molar-refractivity contribution >= 4 is 17.5 Å². The lowest BCUT2D eigenvalue weighted by molar-refractivity contribution is -0.133. The number of aryl methyl sites for hydroxylation is 1. The highest BCUT2D eigenvalue weighted by molar-refractivity contribution is 5.85. The third-order valence-corrected chi connectivity index (χ3v) is 5.51. The molecule has 2 aromatic carbocycles. The second-order valence-electron chi connectivity index (χ2n) is 7.61. The van der Waals surface area contributed by atoms with E-state index in [4.69, 9.17) is 4.42 Å². The van der Waals surface area contributed by atoms with Crippen molar-refractivity contribution in [2.45, 2.75) is 12.8 Å². The van der Waals surface area contributed by atoms with Crippen LogP contribution in [0.15, 0.2) is 77.2 Å². The molecule has 0 radical (unpaired) electrons. The van der Waals surface area contributed by atoms with Crippen LogP contribution in [0.4, 0.5) is 5.69 Å². The molecule has 3 aromatic rings. The van der Waals surface area contributed by atoms with Crippen LogP contribution in [0.3, 0.4) is 0 Å². The first-order chi connectivity index (χ1) is 15.2. The molecule has 0 aliphatic carbocycles. The summed E-state index contributed by atoms with van der Waals surface area (Å²) in [6.45, 7) is 2.96. The summed E-state index contributed by atoms with van der Waals surface area (Å²) in [5.74, 6) is 1.37. The van der Waals surface area contributed by atoms with Crippen LogP contribution in [0.25, 0.3) is 11.3 Å². The van der Waals surface area contributed by atoms with E-state index in [2.05, 4.69) is 22.3 Å². The van der Waals surface area contributed by atoms with E-state index >= 15 is 0 Å². The molecule has 0 saturated carbocycles. The van der Waals surface area contributed by atoms with Crippen LogP contribution in [0, 0.1) is 0 Å². The number of hydrogen-bond acceptors (Lipinski definition) is 4. The van der Waals surface area contributed by atoms with Gasteiger partial charge in [0.15, 0.2) is 0 Å². The lowest BCUT2D eigenvalue weighted by atomic mass is 10.2. The molecule has 6 nitrogen and oxygen atoms in total. The first-order valence-electron chi connectivity index (χ1n) is 10.7. The molecule has 2 amide bonds. The molecule has 1 aliphatic rings. The summed E-state index contributed by atoms with van der Waals surface area (Å²) in [5.41, 5.74) is 2.19. The lowest BCUT2D eigenvalue weighted by Crippen LogP contribution is -2.51. The van der Waals surface area contributed by atoms with Gasteiger partial charge >= 0.3 is 0 Å². The zero-order valence-electron chi connectivity index (χ0n) is 17.5. The Kier molecular flexibility index (Phi) is 6.67. The van der Waals surface area contributed by atoms with Gasteiger partial charge in [-0.25, -0.2) is 0 Å². The largest absolute Gasteiger partial charge is 0.461 e. The van der Waals surface area contributed by atoms with Crippen molar-refractivity contribution < 1.29 is 14.0 Å². The number of furan rings is 1. The number of piperazine rings is 1. The molecule has 2 heterocycles. The molecular formula is C25H27N3O3. The topological polar surface area (TPSA) is 65.8 Å². The van der Waals surface area contributed by atoms with Gasteiger partial charge in [-0.2, -0.15) is 0 Å². The maximum Gasteiger partial charge on any atom is 0.242 e. The fourth-order valence-electron chi connectivity index (χ4n) is 3.73. The Balaban J connectivity index is 1.17. The second kappa shape index (κ2) is 9.98. The Hall–Kier alpha value is -3.54. The molecule has 0 spiro atoms. The molecule has 1 saturated heterocycles. The van der Waals surface area contributed by atoms with E-state index in [1.54, 1.807) is 0 Å². The summed E-state index contributed by atoms with van der Waals surface area (Å²) in [5, 5.41) is 2.75. The Morgan fingerprint density at radius 3 is 2.23 bits per heavy atom. The van der Waals surface area contributed by atoms with Gasteiger partial charge in [-0.05, 0) is 24.3 Å². The number of amides is 2. The predicted octanol–water partition coefficient (Wildman–Crippen LogP) is 3.34. The second-order valence-corrected chi connectivity index (χ2v) is 7.61. The highest BCUT2D eigenvalue weighted by atomic mass is 16.3. The Bertz CT molecular complexity index is 993. The minimum Gasteiger partial charge on any atom is -0.461 e. The number of hydrogen-bond donors (Lipinski definition) is 1. The summed E-state index contributed by atoms with van der Waals surface area (Å²) in [7, 11) is 0. The van der Waals surface area contributed by atoms with Gasteiger partial charge in [0.1, 0.15) is 11.5 Å². The monoisotopic (exact) mass is 417 g/mol. The number of para-hydroxylation sites is 1. The van der Waals surface area contributed by atoms with Crippen molar-refractivity contribution in [2.24, 2.45) is 0 Å². The van der Waals surface area contributed by atoms with Crippen molar-refractivity contribution in [3.8, 4) is 11.3 Å². The zero-order valence-corrected chi connectivity index (χ0v) is 17.5. The van der Waals surface area contributed by atoms with E-state index in [1.165, 1.54) is 5.69 Å². The smallest absolute Gasteiger partial charge is 0.242 e. The molecule has 1 N–H and O–H groups in total. The van der Waals surface area contributed by atoms with E-state index < -0.39 is 0 Å². The maximum absolute atomic E-state index is 12.5. The Labute approximate surface area is 182 Å². The maximum atomic E-state index is 12.5. The van der Waals surface area contributed by atoms with E-state index in [0.717, 1.165) is 30.2 Å². The van der Waals surface area contributed by atoms with Gasteiger partial charge in [0.25, 0.3) is 0 Å². The SMILES string of the molecule is O=C(CCc1ccc(-c2ccccc2)o1)NCC(=O)N1CCN(c2ccccc2)CC1. The van der Waals surface area contributed by atoms with E-state index in [0.29, 0.717) is 19.5 Å². The van der Waals surface area contributed by atoms with Crippen LogP contribution in [0.1, 0.15) is 12.2 Å². The number of carbonyl (C=O) groups is 2. The van der Waals surface area contributed by atoms with Gasteiger partial charge in [0.2, 0.25) is 11.8 Å². The number of benzene rings is 2. The molecule has 31 heavy (non-hydrogen) atoms. The summed E-state index contributed by atoms with van der Waals surface area (Å²) in [4.78, 5) is 28.7. The van der Waals surface area contributed by atoms with Crippen molar-refractivity contribution in [3.63, 3.8) is 0 Å². The number of nitrogens with zero attached hydrogens (tertiary/aromatic N) is 2. The highest BCUT2D eigenvalue weighted by Crippen LogP contribution is 2.22. The van der Waals surface area contributed by atoms with Crippen LogP contribution < -0.4 is 10.2 Å². The lowest BCUT2D eigenvalue weighted by Gasteiger charge is -2.36. The van der Waals surface area contributed by atoms with Gasteiger partial charge < -0.3 is 19.5 Å². The van der Waals surface area contributed by atoms with Crippen LogP contribution in [-0.2, 0) is 16.0 Å².